The Morgan fingerprint density at radius 1 is 1.31 bits per heavy atom. The molecule has 26 heavy (non-hydrogen) atoms. The number of hydrogen-bond acceptors (Lipinski definition) is 3. The van der Waals surface area contributed by atoms with E-state index in [1.54, 1.807) is 0 Å². The molecular weight excluding hydrogens is 326 g/mol. The third kappa shape index (κ3) is 6.05. The first-order chi connectivity index (χ1) is 12.5. The molecule has 0 saturated heterocycles. The molecule has 4 nitrogen and oxygen atoms in total. The highest BCUT2D eigenvalue weighted by molar-refractivity contribution is 5.77. The van der Waals surface area contributed by atoms with Crippen LogP contribution in [0.3, 0.4) is 0 Å². The van der Waals surface area contributed by atoms with E-state index in [0.717, 1.165) is 35.4 Å². The molecule has 1 heterocycles. The van der Waals surface area contributed by atoms with Crippen LogP contribution in [0.4, 0.5) is 0 Å². The van der Waals surface area contributed by atoms with Crippen LogP contribution in [0.25, 0.3) is 5.57 Å². The Kier molecular flexibility index (Phi) is 7.42. The van der Waals surface area contributed by atoms with Gasteiger partial charge in [0.1, 0.15) is 12.4 Å². The maximum atomic E-state index is 10.9. The molecule has 1 N–H and O–H groups in total. The number of nitrogens with zero attached hydrogens (tertiary/aromatic N) is 1. The minimum atomic E-state index is -0.838. The van der Waals surface area contributed by atoms with Crippen molar-refractivity contribution in [3.63, 3.8) is 0 Å². The highest BCUT2D eigenvalue weighted by Crippen LogP contribution is 2.28. The molecule has 2 rings (SSSR count). The molecule has 4 heteroatoms. The van der Waals surface area contributed by atoms with Crippen molar-refractivity contribution >= 4 is 11.5 Å². The number of rotatable bonds is 7. The van der Waals surface area contributed by atoms with Gasteiger partial charge in [-0.05, 0) is 61.9 Å². The zero-order valence-electron chi connectivity index (χ0n) is 15.7. The molecule has 0 unspecified atom stereocenters. The quantitative estimate of drug-likeness (QED) is 0.738. The fourth-order valence-corrected chi connectivity index (χ4v) is 2.73. The molecule has 0 saturated carbocycles. The number of benzene rings is 1. The van der Waals surface area contributed by atoms with Gasteiger partial charge in [-0.25, -0.2) is 0 Å². The summed E-state index contributed by atoms with van der Waals surface area (Å²) in [4.78, 5) is 13.1. The van der Waals surface area contributed by atoms with Crippen LogP contribution in [0.2, 0.25) is 0 Å². The molecule has 0 spiro atoms. The third-order valence-corrected chi connectivity index (χ3v) is 4.15. The van der Waals surface area contributed by atoms with E-state index in [1.807, 2.05) is 43.4 Å². The van der Waals surface area contributed by atoms with Gasteiger partial charge in [-0.2, -0.15) is 0 Å². The topological polar surface area (TPSA) is 49.8 Å². The average Bonchev–Trinajstić information content (AvgIpc) is 2.78. The van der Waals surface area contributed by atoms with Gasteiger partial charge in [-0.3, -0.25) is 4.79 Å². The van der Waals surface area contributed by atoms with Gasteiger partial charge in [-0.15, -0.1) is 0 Å². The van der Waals surface area contributed by atoms with Crippen molar-refractivity contribution in [1.29, 1.82) is 0 Å². The van der Waals surface area contributed by atoms with Gasteiger partial charge >= 0.3 is 5.97 Å². The second kappa shape index (κ2) is 9.78. The molecule has 1 aliphatic rings. The number of ether oxygens (including phenoxy) is 1. The van der Waals surface area contributed by atoms with Crippen molar-refractivity contribution in [3.8, 4) is 0 Å². The number of aliphatic carboxylic acids is 1. The Hall–Kier alpha value is -2.59. The molecule has 0 atom stereocenters. The van der Waals surface area contributed by atoms with E-state index in [2.05, 4.69) is 37.2 Å². The van der Waals surface area contributed by atoms with Crippen molar-refractivity contribution in [1.82, 2.24) is 4.90 Å². The molecule has 0 bridgehead atoms. The first-order valence-electron chi connectivity index (χ1n) is 8.82. The summed E-state index contributed by atoms with van der Waals surface area (Å²) in [6.07, 6.45) is 10.7. The molecule has 0 fully saturated rings. The maximum Gasteiger partial charge on any atom is 0.307 e. The summed E-state index contributed by atoms with van der Waals surface area (Å²) < 4.78 is 5.94. The van der Waals surface area contributed by atoms with Gasteiger partial charge in [0.2, 0.25) is 0 Å². The Morgan fingerprint density at radius 2 is 2.08 bits per heavy atom. The number of carboxylic acids is 1. The SMILES string of the molecule is C/C=C(\C=C/C1=CC(=C\CCN(C)C)/c2ccccc2CO1)CC(=O)O. The van der Waals surface area contributed by atoms with Crippen molar-refractivity contribution in [2.45, 2.75) is 26.4 Å². The Bertz CT molecular complexity index is 754. The molecule has 1 aromatic rings. The maximum absolute atomic E-state index is 10.9. The summed E-state index contributed by atoms with van der Waals surface area (Å²) in [5, 5.41) is 8.97. The van der Waals surface area contributed by atoms with Gasteiger partial charge in [0.15, 0.2) is 0 Å². The van der Waals surface area contributed by atoms with E-state index in [-0.39, 0.29) is 6.42 Å². The molecule has 0 amide bonds. The van der Waals surface area contributed by atoms with Gasteiger partial charge in [0.25, 0.3) is 0 Å². The summed E-state index contributed by atoms with van der Waals surface area (Å²) >= 11 is 0. The minimum absolute atomic E-state index is 0.00599. The normalized spacial score (nSPS) is 16.4. The van der Waals surface area contributed by atoms with E-state index in [4.69, 9.17) is 9.84 Å². The molecule has 138 valence electrons. The lowest BCUT2D eigenvalue weighted by atomic mass is 9.99. The number of carboxylic acid groups (broad SMARTS) is 1. The van der Waals surface area contributed by atoms with Gasteiger partial charge < -0.3 is 14.7 Å². The van der Waals surface area contributed by atoms with Crippen LogP contribution in [0.5, 0.6) is 0 Å². The van der Waals surface area contributed by atoms with Crippen LogP contribution in [0.15, 0.2) is 66.0 Å². The predicted octanol–water partition coefficient (Wildman–Crippen LogP) is 4.41. The van der Waals surface area contributed by atoms with E-state index >= 15 is 0 Å². The van der Waals surface area contributed by atoms with Crippen molar-refractivity contribution in [2.24, 2.45) is 0 Å². The molecular formula is C22H27NO3. The summed E-state index contributed by atoms with van der Waals surface area (Å²) in [5.41, 5.74) is 4.23. The monoisotopic (exact) mass is 353 g/mol. The lowest BCUT2D eigenvalue weighted by molar-refractivity contribution is -0.136. The van der Waals surface area contributed by atoms with Crippen LogP contribution >= 0.6 is 0 Å². The van der Waals surface area contributed by atoms with Crippen molar-refractivity contribution < 1.29 is 14.6 Å². The van der Waals surface area contributed by atoms with E-state index in [0.29, 0.717) is 6.61 Å². The van der Waals surface area contributed by atoms with Crippen LogP contribution < -0.4 is 0 Å². The second-order valence-corrected chi connectivity index (χ2v) is 6.51. The van der Waals surface area contributed by atoms with Gasteiger partial charge in [-0.1, -0.05) is 42.5 Å². The summed E-state index contributed by atoms with van der Waals surface area (Å²) in [5.74, 6) is -0.0998. The van der Waals surface area contributed by atoms with Gasteiger partial charge in [0, 0.05) is 6.54 Å². The highest BCUT2D eigenvalue weighted by atomic mass is 16.5. The average molecular weight is 353 g/mol. The largest absolute Gasteiger partial charge is 0.489 e. The van der Waals surface area contributed by atoms with Crippen LogP contribution in [-0.4, -0.2) is 36.6 Å². The summed E-state index contributed by atoms with van der Waals surface area (Å²) in [6.45, 7) is 3.32. The van der Waals surface area contributed by atoms with Crippen LogP contribution in [0, 0.1) is 0 Å². The lowest BCUT2D eigenvalue weighted by Gasteiger charge is -2.09. The zero-order valence-corrected chi connectivity index (χ0v) is 15.7. The molecule has 1 aromatic carbocycles. The van der Waals surface area contributed by atoms with Crippen molar-refractivity contribution in [2.75, 3.05) is 20.6 Å². The number of hydrogen-bond donors (Lipinski definition) is 1. The van der Waals surface area contributed by atoms with E-state index in [1.165, 1.54) is 5.56 Å². The Morgan fingerprint density at radius 3 is 2.77 bits per heavy atom. The van der Waals surface area contributed by atoms with Crippen molar-refractivity contribution in [3.05, 3.63) is 77.1 Å². The van der Waals surface area contributed by atoms with E-state index < -0.39 is 5.97 Å². The third-order valence-electron chi connectivity index (χ3n) is 4.15. The number of allylic oxidation sites excluding steroid dienone is 5. The van der Waals surface area contributed by atoms with E-state index in [9.17, 15) is 4.79 Å². The zero-order chi connectivity index (χ0) is 18.9. The second-order valence-electron chi connectivity index (χ2n) is 6.51. The fraction of sp³-hybridized carbons (Fsp3) is 0.318. The number of fused-ring (bicyclic) bond motifs is 1. The summed E-state index contributed by atoms with van der Waals surface area (Å²) in [7, 11) is 4.13. The fourth-order valence-electron chi connectivity index (χ4n) is 2.73. The first-order valence-corrected chi connectivity index (χ1v) is 8.82. The predicted molar refractivity (Wildman–Crippen MR) is 106 cm³/mol. The first kappa shape index (κ1) is 19.7. The van der Waals surface area contributed by atoms with Gasteiger partial charge in [0.05, 0.1) is 6.42 Å². The molecule has 0 radical (unpaired) electrons. The Labute approximate surface area is 155 Å². The lowest BCUT2D eigenvalue weighted by Crippen LogP contribution is -2.12. The highest BCUT2D eigenvalue weighted by Gasteiger charge is 2.12. The van der Waals surface area contributed by atoms with Crippen LogP contribution in [-0.2, 0) is 16.1 Å². The molecule has 0 aromatic heterocycles. The number of carbonyl (C=O) groups is 1. The standard InChI is InChI=1S/C22H27NO3/c1-4-17(14-22(24)25)11-12-20-15-18(9-7-13-23(2)3)21-10-6-5-8-19(21)16-26-20/h4-6,8-12,15H,7,13-14,16H2,1-3H3,(H,24,25)/b12-11-,17-4+,18-9+. The smallest absolute Gasteiger partial charge is 0.307 e. The Balaban J connectivity index is 2.28. The summed E-state index contributed by atoms with van der Waals surface area (Å²) in [6, 6.07) is 8.26. The van der Waals surface area contributed by atoms with Crippen LogP contribution in [0.1, 0.15) is 30.9 Å². The molecule has 1 aliphatic heterocycles. The minimum Gasteiger partial charge on any atom is -0.489 e. The molecule has 0 aliphatic carbocycles.